The van der Waals surface area contributed by atoms with Gasteiger partial charge < -0.3 is 8.98 Å². The average Bonchev–Trinajstić information content (AvgIpc) is 3.15. The van der Waals surface area contributed by atoms with Crippen LogP contribution in [0.15, 0.2) is 26.5 Å². The molecule has 3 aromatic heterocycles. The quantitative estimate of drug-likeness (QED) is 0.704. The summed E-state index contributed by atoms with van der Waals surface area (Å²) in [4.78, 5) is 44.1. The number of carbonyl (C=O) groups excluding carboxylic acids is 1. The van der Waals surface area contributed by atoms with Crippen molar-refractivity contribution < 1.29 is 9.21 Å². The largest absolute Gasteiger partial charge is 0.429 e. The minimum atomic E-state index is -0.450. The molecule has 0 bridgehead atoms. The molecule has 3 heterocycles. The summed E-state index contributed by atoms with van der Waals surface area (Å²) in [5, 5.41) is 2.53. The number of imidazole rings is 1. The van der Waals surface area contributed by atoms with E-state index < -0.39 is 11.2 Å². The lowest BCUT2D eigenvalue weighted by atomic mass is 10.4. The van der Waals surface area contributed by atoms with E-state index in [1.165, 1.54) is 24.1 Å². The second-order valence-electron chi connectivity index (χ2n) is 5.39. The van der Waals surface area contributed by atoms with E-state index in [9.17, 15) is 14.4 Å². The maximum Gasteiger partial charge on any atom is 0.332 e. The molecule has 3 aromatic rings. The predicted octanol–water partition coefficient (Wildman–Crippen LogP) is -0.241. The molecule has 0 aliphatic carbocycles. The highest BCUT2D eigenvalue weighted by Gasteiger charge is 2.15. The summed E-state index contributed by atoms with van der Waals surface area (Å²) in [6.07, 6.45) is 3.04. The van der Waals surface area contributed by atoms with Crippen molar-refractivity contribution in [2.45, 2.75) is 19.9 Å². The first kappa shape index (κ1) is 15.7. The summed E-state index contributed by atoms with van der Waals surface area (Å²) < 4.78 is 9.03. The zero-order chi connectivity index (χ0) is 17.4. The summed E-state index contributed by atoms with van der Waals surface area (Å²) in [5.74, 6) is 0.288. The Balaban J connectivity index is 1.82. The molecule has 0 atom stereocenters. The minimum absolute atomic E-state index is 0.0961. The van der Waals surface area contributed by atoms with E-state index in [4.69, 9.17) is 4.42 Å². The zero-order valence-electron chi connectivity index (χ0n) is 13.4. The fraction of sp³-hybridized carbons (Fsp3) is 0.357. The van der Waals surface area contributed by atoms with Crippen LogP contribution in [0.3, 0.4) is 0 Å². The molecule has 0 aliphatic heterocycles. The van der Waals surface area contributed by atoms with E-state index >= 15 is 0 Å². The van der Waals surface area contributed by atoms with E-state index in [0.717, 1.165) is 4.57 Å². The Morgan fingerprint density at radius 3 is 2.67 bits per heavy atom. The molecule has 1 amide bonds. The van der Waals surface area contributed by atoms with Gasteiger partial charge in [-0.15, -0.1) is 0 Å². The molecule has 1 N–H and O–H groups in total. The van der Waals surface area contributed by atoms with E-state index in [-0.39, 0.29) is 36.1 Å². The third-order valence-corrected chi connectivity index (χ3v) is 3.66. The van der Waals surface area contributed by atoms with Crippen molar-refractivity contribution in [3.8, 4) is 0 Å². The van der Waals surface area contributed by atoms with Crippen LogP contribution in [0.5, 0.6) is 0 Å². The van der Waals surface area contributed by atoms with Gasteiger partial charge >= 0.3 is 11.7 Å². The summed E-state index contributed by atoms with van der Waals surface area (Å²) in [6, 6.07) is 0.131. The van der Waals surface area contributed by atoms with Crippen LogP contribution in [0.4, 0.5) is 6.01 Å². The normalized spacial score (nSPS) is 11.1. The third kappa shape index (κ3) is 2.62. The van der Waals surface area contributed by atoms with Crippen molar-refractivity contribution in [2.75, 3.05) is 5.32 Å². The molecule has 0 fully saturated rings. The average molecular weight is 332 g/mol. The van der Waals surface area contributed by atoms with Gasteiger partial charge in [0.15, 0.2) is 11.2 Å². The Kier molecular flexibility index (Phi) is 3.80. The monoisotopic (exact) mass is 332 g/mol. The number of oxazole rings is 1. The van der Waals surface area contributed by atoms with E-state index in [0.29, 0.717) is 5.76 Å². The lowest BCUT2D eigenvalue weighted by Gasteiger charge is -2.06. The predicted molar refractivity (Wildman–Crippen MR) is 84.7 cm³/mol. The number of aryl methyl sites for hydroxylation is 3. The van der Waals surface area contributed by atoms with Crippen LogP contribution in [-0.4, -0.2) is 29.6 Å². The van der Waals surface area contributed by atoms with Crippen molar-refractivity contribution >= 4 is 23.1 Å². The summed E-state index contributed by atoms with van der Waals surface area (Å²) in [7, 11) is 2.94. The Morgan fingerprint density at radius 2 is 2.00 bits per heavy atom. The fourth-order valence-electron chi connectivity index (χ4n) is 2.38. The Hall–Kier alpha value is -3.17. The lowest BCUT2D eigenvalue weighted by Crippen LogP contribution is -2.37. The Labute approximate surface area is 135 Å². The van der Waals surface area contributed by atoms with Crippen molar-refractivity contribution in [3.63, 3.8) is 0 Å². The van der Waals surface area contributed by atoms with Crippen LogP contribution in [-0.2, 0) is 25.4 Å². The highest BCUT2D eigenvalue weighted by molar-refractivity contribution is 5.88. The number of hydrogen-bond acceptors (Lipinski definition) is 6. The van der Waals surface area contributed by atoms with Gasteiger partial charge in [-0.25, -0.2) is 14.8 Å². The summed E-state index contributed by atoms with van der Waals surface area (Å²) in [6.45, 7) is 1.95. The molecule has 10 nitrogen and oxygen atoms in total. The van der Waals surface area contributed by atoms with Crippen LogP contribution in [0, 0.1) is 6.92 Å². The van der Waals surface area contributed by atoms with Crippen LogP contribution in [0.1, 0.15) is 12.2 Å². The van der Waals surface area contributed by atoms with Gasteiger partial charge in [-0.1, -0.05) is 0 Å². The van der Waals surface area contributed by atoms with Crippen LogP contribution < -0.4 is 16.6 Å². The van der Waals surface area contributed by atoms with E-state index in [2.05, 4.69) is 15.3 Å². The minimum Gasteiger partial charge on any atom is -0.429 e. The second kappa shape index (κ2) is 5.80. The fourth-order valence-corrected chi connectivity index (χ4v) is 2.38. The van der Waals surface area contributed by atoms with Crippen molar-refractivity contribution in [3.05, 3.63) is 39.1 Å². The third-order valence-electron chi connectivity index (χ3n) is 3.66. The van der Waals surface area contributed by atoms with Crippen LogP contribution in [0.2, 0.25) is 0 Å². The Bertz CT molecular complexity index is 1040. The number of nitrogens with one attached hydrogen (secondary N) is 1. The number of anilines is 1. The molecular weight excluding hydrogens is 316 g/mol. The molecule has 0 radical (unpaired) electrons. The van der Waals surface area contributed by atoms with Crippen molar-refractivity contribution in [1.29, 1.82) is 0 Å². The molecule has 10 heteroatoms. The molecule has 0 unspecified atom stereocenters. The maximum atomic E-state index is 12.3. The van der Waals surface area contributed by atoms with Gasteiger partial charge in [0.1, 0.15) is 5.76 Å². The van der Waals surface area contributed by atoms with Gasteiger partial charge in [0.05, 0.1) is 12.5 Å². The van der Waals surface area contributed by atoms with Gasteiger partial charge in [0, 0.05) is 27.1 Å². The lowest BCUT2D eigenvalue weighted by molar-refractivity contribution is -0.116. The van der Waals surface area contributed by atoms with E-state index in [1.807, 2.05) is 0 Å². The van der Waals surface area contributed by atoms with Crippen LogP contribution in [0.25, 0.3) is 11.2 Å². The standard InChI is InChI=1S/C14H16N6O4/c1-8-6-15-13(24-8)17-9(21)4-5-20-7-16-11-10(20)12(22)19(3)14(23)18(11)2/h6-7H,4-5H2,1-3H3,(H,15,17,21). The van der Waals surface area contributed by atoms with Gasteiger partial charge in [0.2, 0.25) is 5.91 Å². The second-order valence-corrected chi connectivity index (χ2v) is 5.39. The van der Waals surface area contributed by atoms with E-state index in [1.54, 1.807) is 18.5 Å². The molecule has 0 saturated heterocycles. The first-order valence-electron chi connectivity index (χ1n) is 7.21. The number of fused-ring (bicyclic) bond motifs is 1. The number of amides is 1. The molecular formula is C14H16N6O4. The first-order valence-corrected chi connectivity index (χ1v) is 7.21. The molecule has 0 aromatic carbocycles. The number of nitrogens with zero attached hydrogens (tertiary/aromatic N) is 5. The number of aromatic nitrogens is 5. The smallest absolute Gasteiger partial charge is 0.332 e. The van der Waals surface area contributed by atoms with Gasteiger partial charge in [0.25, 0.3) is 5.56 Å². The maximum absolute atomic E-state index is 12.3. The molecule has 0 aliphatic rings. The molecule has 126 valence electrons. The first-order chi connectivity index (χ1) is 11.4. The molecule has 24 heavy (non-hydrogen) atoms. The van der Waals surface area contributed by atoms with Gasteiger partial charge in [-0.3, -0.25) is 24.0 Å². The Morgan fingerprint density at radius 1 is 1.25 bits per heavy atom. The highest BCUT2D eigenvalue weighted by Crippen LogP contribution is 2.09. The molecule has 0 spiro atoms. The molecule has 0 saturated carbocycles. The highest BCUT2D eigenvalue weighted by atomic mass is 16.4. The van der Waals surface area contributed by atoms with Crippen molar-refractivity contribution in [2.24, 2.45) is 14.1 Å². The van der Waals surface area contributed by atoms with Crippen molar-refractivity contribution in [1.82, 2.24) is 23.7 Å². The SMILES string of the molecule is Cc1cnc(NC(=O)CCn2cnc3c2c(=O)n(C)c(=O)n3C)o1. The van der Waals surface area contributed by atoms with Gasteiger partial charge in [-0.05, 0) is 6.92 Å². The zero-order valence-corrected chi connectivity index (χ0v) is 13.4. The number of hydrogen-bond donors (Lipinski definition) is 1. The van der Waals surface area contributed by atoms with Crippen LogP contribution >= 0.6 is 0 Å². The number of carbonyl (C=O) groups is 1. The summed E-state index contributed by atoms with van der Waals surface area (Å²) >= 11 is 0. The molecule has 3 rings (SSSR count). The summed E-state index contributed by atoms with van der Waals surface area (Å²) in [5.41, 5.74) is -0.338. The number of rotatable bonds is 4. The topological polar surface area (TPSA) is 117 Å². The van der Waals surface area contributed by atoms with Gasteiger partial charge in [-0.2, -0.15) is 0 Å².